The number of halogens is 1. The monoisotopic (exact) mass is 455 g/mol. The lowest BCUT2D eigenvalue weighted by atomic mass is 9.77. The minimum atomic E-state index is -1.21. The number of alkyl halides is 1. The van der Waals surface area contributed by atoms with Gasteiger partial charge < -0.3 is 20.8 Å². The zero-order chi connectivity index (χ0) is 21.9. The molecule has 0 radical (unpaired) electrons. The van der Waals surface area contributed by atoms with E-state index < -0.39 is 41.9 Å². The summed E-state index contributed by atoms with van der Waals surface area (Å²) in [5.74, 6) is -3.12. The fourth-order valence-electron chi connectivity index (χ4n) is 4.43. The lowest BCUT2D eigenvalue weighted by Gasteiger charge is -2.46. The third-order valence-corrected chi connectivity index (χ3v) is 7.64. The van der Waals surface area contributed by atoms with Crippen LogP contribution in [0.15, 0.2) is 23.2 Å². The number of nitrogens with zero attached hydrogens (tertiary/aromatic N) is 3. The average molecular weight is 456 g/mol. The van der Waals surface area contributed by atoms with Gasteiger partial charge in [0.15, 0.2) is 6.54 Å². The molecule has 12 heteroatoms. The molecule has 1 saturated heterocycles. The number of aliphatic hydroxyl groups is 1. The molecule has 1 fully saturated rings. The lowest BCUT2D eigenvalue weighted by Crippen LogP contribution is -2.63. The Morgan fingerprint density at radius 3 is 2.73 bits per heavy atom. The number of carboxylic acids is 1. The van der Waals surface area contributed by atoms with Gasteiger partial charge in [-0.05, 0) is 18.7 Å². The highest BCUT2D eigenvalue weighted by molar-refractivity contribution is 7.99. The minimum Gasteiger partial charge on any atom is -0.477 e. The Hall–Kier alpha value is -2.44. The molecule has 0 bridgehead atoms. The number of thioether (sulfide) groups is 1. The van der Waals surface area contributed by atoms with Crippen LogP contribution in [0.25, 0.3) is 10.4 Å². The molecule has 9 nitrogen and oxygen atoms in total. The Balaban J connectivity index is 1.82. The number of thiazole rings is 1. The van der Waals surface area contributed by atoms with Crippen molar-refractivity contribution < 1.29 is 33.6 Å². The van der Waals surface area contributed by atoms with Gasteiger partial charge in [-0.3, -0.25) is 9.59 Å². The molecule has 4 rings (SSSR count). The summed E-state index contributed by atoms with van der Waals surface area (Å²) < 4.78 is 16.3. The molecule has 0 saturated carbocycles. The number of imidazole rings is 1. The number of primary amides is 1. The first-order chi connectivity index (χ1) is 14.2. The number of aliphatic carboxylic acids is 1. The van der Waals surface area contributed by atoms with Crippen LogP contribution < -0.4 is 10.3 Å². The summed E-state index contributed by atoms with van der Waals surface area (Å²) in [6, 6.07) is -1.12. The number of amides is 2. The summed E-state index contributed by atoms with van der Waals surface area (Å²) in [4.78, 5) is 38.4. The van der Waals surface area contributed by atoms with Gasteiger partial charge in [0.2, 0.25) is 15.8 Å². The van der Waals surface area contributed by atoms with Crippen LogP contribution in [0, 0.1) is 11.8 Å². The third-order valence-electron chi connectivity index (χ3n) is 5.56. The first kappa shape index (κ1) is 20.8. The molecule has 2 aliphatic heterocycles. The number of nitrogens with two attached hydrogens (primary N) is 1. The second-order valence-electron chi connectivity index (χ2n) is 7.40. The summed E-state index contributed by atoms with van der Waals surface area (Å²) >= 11 is 2.17. The van der Waals surface area contributed by atoms with Crippen LogP contribution in [0.2, 0.25) is 0 Å². The van der Waals surface area contributed by atoms with Crippen LogP contribution in [-0.4, -0.2) is 55.4 Å². The summed E-state index contributed by atoms with van der Waals surface area (Å²) in [5.41, 5.74) is 5.70. The number of β-lactam (4-membered cyclic amide) rings is 1. The fraction of sp³-hybridized carbons (Fsp3) is 0.444. The number of aromatic nitrogens is 2. The largest absolute Gasteiger partial charge is 0.477 e. The molecular formula is C18H20FN4O5S2+. The van der Waals surface area contributed by atoms with Gasteiger partial charge in [0, 0.05) is 11.5 Å². The van der Waals surface area contributed by atoms with Crippen molar-refractivity contribution >= 4 is 51.3 Å². The molecule has 2 aliphatic rings. The average Bonchev–Trinajstić information content (AvgIpc) is 3.24. The van der Waals surface area contributed by atoms with E-state index >= 15 is 0 Å². The highest BCUT2D eigenvalue weighted by Gasteiger charge is 2.60. The SMILES string of the molecule is C[C@@H](O)[C@H]1C(=O)N2C(C(=O)O)=C(c3cn4c[n+](CC(N)=O)c(SCF)c4s3)[C@H](C)[C@H]12. The zero-order valence-corrected chi connectivity index (χ0v) is 17.7. The van der Waals surface area contributed by atoms with E-state index in [0.29, 0.717) is 20.3 Å². The van der Waals surface area contributed by atoms with Gasteiger partial charge in [0.25, 0.3) is 12.2 Å². The van der Waals surface area contributed by atoms with E-state index in [4.69, 9.17) is 5.73 Å². The molecule has 30 heavy (non-hydrogen) atoms. The summed E-state index contributed by atoms with van der Waals surface area (Å²) in [5, 5.41) is 20.3. The van der Waals surface area contributed by atoms with Gasteiger partial charge >= 0.3 is 5.97 Å². The number of carboxylic acid groups (broad SMARTS) is 1. The Labute approximate surface area is 178 Å². The van der Waals surface area contributed by atoms with E-state index in [1.54, 1.807) is 21.5 Å². The normalized spacial score (nSPS) is 24.3. The topological polar surface area (TPSA) is 129 Å². The highest BCUT2D eigenvalue weighted by atomic mass is 32.2. The van der Waals surface area contributed by atoms with Crippen molar-refractivity contribution in [3.63, 3.8) is 0 Å². The summed E-state index contributed by atoms with van der Waals surface area (Å²) in [6.07, 6.45) is 2.44. The standard InChI is InChI=1S/C18H19FN4O5S2/c1-7-11(14(18(27)28)23-13(7)12(8(2)24)15(23)26)9-3-21-6-22(4-10(20)25)16(29-5-19)17(21)30-9/h3,6-8,12-13,24H,4-5H2,1-2H3,(H2-,20,25,27,28)/p+1/t7-,8+,12+,13+/m0/s1. The first-order valence-corrected chi connectivity index (χ1v) is 11.0. The maximum Gasteiger partial charge on any atom is 0.352 e. The lowest BCUT2D eigenvalue weighted by molar-refractivity contribution is -0.717. The molecule has 0 spiro atoms. The molecule has 2 aromatic rings. The Bertz CT molecular complexity index is 1110. The fourth-order valence-corrected chi connectivity index (χ4v) is 6.52. The van der Waals surface area contributed by atoms with Crippen LogP contribution in [0.3, 0.4) is 0 Å². The molecule has 4 atom stereocenters. The van der Waals surface area contributed by atoms with Crippen LogP contribution >= 0.6 is 23.1 Å². The quantitative estimate of drug-likeness (QED) is 0.316. The van der Waals surface area contributed by atoms with Crippen molar-refractivity contribution in [3.05, 3.63) is 23.1 Å². The number of carbonyl (C=O) groups is 3. The smallest absolute Gasteiger partial charge is 0.352 e. The molecule has 4 heterocycles. The van der Waals surface area contributed by atoms with E-state index in [0.717, 1.165) is 11.8 Å². The number of hydrogen-bond donors (Lipinski definition) is 3. The van der Waals surface area contributed by atoms with Crippen LogP contribution in [-0.2, 0) is 20.9 Å². The van der Waals surface area contributed by atoms with Crippen LogP contribution in [0.4, 0.5) is 4.39 Å². The molecule has 0 aromatic carbocycles. The Morgan fingerprint density at radius 2 is 2.17 bits per heavy atom. The van der Waals surface area contributed by atoms with Gasteiger partial charge in [-0.25, -0.2) is 13.8 Å². The van der Waals surface area contributed by atoms with Gasteiger partial charge in [-0.2, -0.15) is 4.40 Å². The van der Waals surface area contributed by atoms with Crippen LogP contribution in [0.5, 0.6) is 0 Å². The molecule has 160 valence electrons. The van der Waals surface area contributed by atoms with Crippen molar-refractivity contribution in [2.24, 2.45) is 17.6 Å². The number of hydrogen-bond acceptors (Lipinski definition) is 6. The van der Waals surface area contributed by atoms with E-state index in [9.17, 15) is 29.0 Å². The molecule has 4 N–H and O–H groups in total. The second kappa shape index (κ2) is 7.36. The Morgan fingerprint density at radius 1 is 1.47 bits per heavy atom. The van der Waals surface area contributed by atoms with Crippen molar-refractivity contribution in [1.82, 2.24) is 9.30 Å². The van der Waals surface area contributed by atoms with Crippen molar-refractivity contribution in [1.29, 1.82) is 0 Å². The Kier molecular flexibility index (Phi) is 5.11. The minimum absolute atomic E-state index is 0.0800. The summed E-state index contributed by atoms with van der Waals surface area (Å²) in [6.45, 7) is 3.26. The first-order valence-electron chi connectivity index (χ1n) is 9.17. The predicted octanol–water partition coefficient (Wildman–Crippen LogP) is 0.446. The maximum atomic E-state index is 13.1. The van der Waals surface area contributed by atoms with Gasteiger partial charge in [0.1, 0.15) is 17.9 Å². The highest BCUT2D eigenvalue weighted by Crippen LogP contribution is 2.51. The number of fused-ring (bicyclic) bond motifs is 2. The van der Waals surface area contributed by atoms with Gasteiger partial charge in [-0.1, -0.05) is 18.3 Å². The molecule has 0 unspecified atom stereocenters. The predicted molar refractivity (Wildman–Crippen MR) is 106 cm³/mol. The van der Waals surface area contributed by atoms with Crippen molar-refractivity contribution in [3.8, 4) is 0 Å². The van der Waals surface area contributed by atoms with E-state index in [1.165, 1.54) is 23.2 Å². The summed E-state index contributed by atoms with van der Waals surface area (Å²) in [7, 11) is 0. The molecule has 2 aromatic heterocycles. The molecule has 2 amide bonds. The molecule has 0 aliphatic carbocycles. The number of aliphatic hydroxyl groups excluding tert-OH is 1. The van der Waals surface area contributed by atoms with Gasteiger partial charge in [-0.15, -0.1) is 0 Å². The van der Waals surface area contributed by atoms with E-state index in [2.05, 4.69) is 0 Å². The van der Waals surface area contributed by atoms with Crippen molar-refractivity contribution in [2.75, 3.05) is 6.01 Å². The zero-order valence-electron chi connectivity index (χ0n) is 16.1. The van der Waals surface area contributed by atoms with Gasteiger partial charge in [0.05, 0.1) is 22.9 Å². The van der Waals surface area contributed by atoms with Crippen molar-refractivity contribution in [2.45, 2.75) is 37.6 Å². The molecular weight excluding hydrogens is 435 g/mol. The number of carbonyl (C=O) groups excluding carboxylic acids is 2. The maximum absolute atomic E-state index is 13.1. The number of rotatable bonds is 7. The van der Waals surface area contributed by atoms with E-state index in [-0.39, 0.29) is 18.2 Å². The third kappa shape index (κ3) is 2.93. The van der Waals surface area contributed by atoms with E-state index in [1.807, 2.05) is 6.92 Å². The second-order valence-corrected chi connectivity index (χ2v) is 9.32. The van der Waals surface area contributed by atoms with Crippen LogP contribution in [0.1, 0.15) is 18.7 Å².